The average molecular weight is 397 g/mol. The molecule has 136 valence electrons. The zero-order valence-corrected chi connectivity index (χ0v) is 16.2. The summed E-state index contributed by atoms with van der Waals surface area (Å²) in [7, 11) is 0. The highest BCUT2D eigenvalue weighted by Gasteiger charge is 2.22. The van der Waals surface area contributed by atoms with Crippen molar-refractivity contribution < 1.29 is 9.59 Å². The Morgan fingerprint density at radius 3 is 2.56 bits per heavy atom. The van der Waals surface area contributed by atoms with Crippen LogP contribution in [0.4, 0.5) is 11.4 Å². The quantitative estimate of drug-likeness (QED) is 0.624. The molecule has 4 rings (SSSR count). The fourth-order valence-electron chi connectivity index (χ4n) is 3.29. The normalized spacial score (nSPS) is 12.1. The molecular formula is C21H17ClN2O2S. The van der Waals surface area contributed by atoms with E-state index in [0.717, 1.165) is 17.7 Å². The maximum absolute atomic E-state index is 12.8. The van der Waals surface area contributed by atoms with E-state index >= 15 is 0 Å². The van der Waals surface area contributed by atoms with E-state index in [0.29, 0.717) is 21.3 Å². The van der Waals surface area contributed by atoms with Gasteiger partial charge in [0, 0.05) is 16.8 Å². The molecule has 0 spiro atoms. The molecule has 0 radical (unpaired) electrons. The number of hydrogen-bond acceptors (Lipinski definition) is 3. The van der Waals surface area contributed by atoms with E-state index in [4.69, 9.17) is 11.6 Å². The predicted molar refractivity (Wildman–Crippen MR) is 111 cm³/mol. The molecule has 0 unspecified atom stereocenters. The number of aryl methyl sites for hydroxylation is 2. The van der Waals surface area contributed by atoms with E-state index in [1.807, 2.05) is 18.2 Å². The van der Waals surface area contributed by atoms with E-state index < -0.39 is 0 Å². The molecule has 1 heterocycles. The maximum atomic E-state index is 12.8. The second-order valence-electron chi connectivity index (χ2n) is 6.45. The van der Waals surface area contributed by atoms with Gasteiger partial charge in [0.05, 0.1) is 16.3 Å². The van der Waals surface area contributed by atoms with Gasteiger partial charge in [0.1, 0.15) is 0 Å². The van der Waals surface area contributed by atoms with Crippen LogP contribution in [0.3, 0.4) is 0 Å². The van der Waals surface area contributed by atoms with Crippen LogP contribution in [0, 0.1) is 0 Å². The summed E-state index contributed by atoms with van der Waals surface area (Å²) >= 11 is 7.56. The van der Waals surface area contributed by atoms with Crippen molar-refractivity contribution in [2.45, 2.75) is 19.8 Å². The molecule has 2 amide bonds. The van der Waals surface area contributed by atoms with Crippen LogP contribution in [-0.4, -0.2) is 11.8 Å². The molecule has 1 aliphatic rings. The Balaban J connectivity index is 1.64. The van der Waals surface area contributed by atoms with Crippen molar-refractivity contribution in [1.82, 2.24) is 0 Å². The lowest BCUT2D eigenvalue weighted by Gasteiger charge is -2.15. The second kappa shape index (κ2) is 7.18. The number of rotatable bonds is 3. The molecule has 0 atom stereocenters. The summed E-state index contributed by atoms with van der Waals surface area (Å²) in [5.41, 5.74) is 4.74. The number of nitrogens with one attached hydrogen (secondary N) is 2. The predicted octanol–water partition coefficient (Wildman–Crippen LogP) is 5.38. The Bertz CT molecular complexity index is 1060. The minimum Gasteiger partial charge on any atom is -0.325 e. The summed E-state index contributed by atoms with van der Waals surface area (Å²) in [4.78, 5) is 26.0. The van der Waals surface area contributed by atoms with E-state index in [1.54, 1.807) is 18.2 Å². The van der Waals surface area contributed by atoms with Crippen LogP contribution >= 0.6 is 22.9 Å². The number of carbonyl (C=O) groups is 2. The number of carbonyl (C=O) groups excluding carboxylic acids is 2. The lowest BCUT2D eigenvalue weighted by molar-refractivity contribution is -0.114. The summed E-state index contributed by atoms with van der Waals surface area (Å²) in [6, 6.07) is 15.3. The summed E-state index contributed by atoms with van der Waals surface area (Å²) in [5.74, 6) is -0.420. The third-order valence-electron chi connectivity index (χ3n) is 4.50. The standard InChI is InChI=1S/C21H17ClN2O2S/c1-12(25)23-17-9-8-15(22)11-18(17)24-21(26)19-10-14-7-6-13-4-2-3-5-16(13)20(14)27-19/h2-5,8-11H,6-7H2,1H3,(H,23,25)(H,24,26). The van der Waals surface area contributed by atoms with Crippen molar-refractivity contribution in [2.75, 3.05) is 10.6 Å². The van der Waals surface area contributed by atoms with Crippen LogP contribution in [0.2, 0.25) is 5.02 Å². The zero-order chi connectivity index (χ0) is 19.0. The summed E-state index contributed by atoms with van der Waals surface area (Å²) in [6.07, 6.45) is 1.92. The Morgan fingerprint density at radius 2 is 1.74 bits per heavy atom. The summed E-state index contributed by atoms with van der Waals surface area (Å²) in [5, 5.41) is 6.07. The van der Waals surface area contributed by atoms with Crippen LogP contribution in [0.5, 0.6) is 0 Å². The van der Waals surface area contributed by atoms with Crippen molar-refractivity contribution in [2.24, 2.45) is 0 Å². The fraction of sp³-hybridized carbons (Fsp3) is 0.143. The zero-order valence-electron chi connectivity index (χ0n) is 14.6. The van der Waals surface area contributed by atoms with Crippen LogP contribution in [-0.2, 0) is 17.6 Å². The topological polar surface area (TPSA) is 58.2 Å². The number of hydrogen-bond donors (Lipinski definition) is 2. The molecule has 1 aliphatic carbocycles. The van der Waals surface area contributed by atoms with Gasteiger partial charge in [-0.2, -0.15) is 0 Å². The number of fused-ring (bicyclic) bond motifs is 3. The second-order valence-corrected chi connectivity index (χ2v) is 7.94. The smallest absolute Gasteiger partial charge is 0.265 e. The summed E-state index contributed by atoms with van der Waals surface area (Å²) < 4.78 is 0. The third-order valence-corrected chi connectivity index (χ3v) is 5.94. The molecule has 2 aromatic carbocycles. The van der Waals surface area contributed by atoms with Gasteiger partial charge in [-0.15, -0.1) is 11.3 Å². The van der Waals surface area contributed by atoms with Crippen LogP contribution in [0.25, 0.3) is 10.4 Å². The highest BCUT2D eigenvalue weighted by atomic mass is 35.5. The lowest BCUT2D eigenvalue weighted by atomic mass is 9.91. The first-order valence-corrected chi connectivity index (χ1v) is 9.80. The number of halogens is 1. The first-order valence-electron chi connectivity index (χ1n) is 8.61. The Hall–Kier alpha value is -2.63. The molecule has 27 heavy (non-hydrogen) atoms. The molecule has 1 aromatic heterocycles. The minimum atomic E-state index is -0.212. The van der Waals surface area contributed by atoms with E-state index in [2.05, 4.69) is 22.8 Å². The van der Waals surface area contributed by atoms with Gasteiger partial charge in [0.2, 0.25) is 5.91 Å². The molecule has 4 nitrogen and oxygen atoms in total. The maximum Gasteiger partial charge on any atom is 0.265 e. The van der Waals surface area contributed by atoms with E-state index in [1.165, 1.54) is 35.0 Å². The van der Waals surface area contributed by atoms with Gasteiger partial charge in [-0.1, -0.05) is 35.9 Å². The molecule has 0 bridgehead atoms. The van der Waals surface area contributed by atoms with Crippen molar-refractivity contribution in [3.8, 4) is 10.4 Å². The van der Waals surface area contributed by atoms with Crippen LogP contribution in [0.1, 0.15) is 27.7 Å². The molecule has 6 heteroatoms. The van der Waals surface area contributed by atoms with Gasteiger partial charge in [-0.05, 0) is 53.8 Å². The molecule has 0 aliphatic heterocycles. The first-order chi connectivity index (χ1) is 13.0. The van der Waals surface area contributed by atoms with Crippen molar-refractivity contribution in [3.05, 3.63) is 69.6 Å². The largest absolute Gasteiger partial charge is 0.325 e. The number of amides is 2. The Kier molecular flexibility index (Phi) is 4.72. The van der Waals surface area contributed by atoms with Gasteiger partial charge in [-0.3, -0.25) is 9.59 Å². The van der Waals surface area contributed by atoms with Crippen molar-refractivity contribution in [3.63, 3.8) is 0 Å². The highest BCUT2D eigenvalue weighted by Crippen LogP contribution is 2.39. The average Bonchev–Trinajstić information content (AvgIpc) is 3.08. The number of benzene rings is 2. The third kappa shape index (κ3) is 3.61. The highest BCUT2D eigenvalue weighted by molar-refractivity contribution is 7.17. The SMILES string of the molecule is CC(=O)Nc1ccc(Cl)cc1NC(=O)c1cc2c(s1)-c1ccccc1CC2. The fourth-order valence-corrected chi connectivity index (χ4v) is 4.62. The number of thiophene rings is 1. The van der Waals surface area contributed by atoms with E-state index in [9.17, 15) is 9.59 Å². The number of anilines is 2. The minimum absolute atomic E-state index is 0.208. The molecule has 0 saturated carbocycles. The monoisotopic (exact) mass is 396 g/mol. The van der Waals surface area contributed by atoms with Gasteiger partial charge >= 0.3 is 0 Å². The van der Waals surface area contributed by atoms with Gasteiger partial charge < -0.3 is 10.6 Å². The van der Waals surface area contributed by atoms with Crippen LogP contribution in [0.15, 0.2) is 48.5 Å². The van der Waals surface area contributed by atoms with Gasteiger partial charge in [0.25, 0.3) is 5.91 Å². The molecule has 0 saturated heterocycles. The summed E-state index contributed by atoms with van der Waals surface area (Å²) in [6.45, 7) is 1.42. The van der Waals surface area contributed by atoms with E-state index in [-0.39, 0.29) is 11.8 Å². The van der Waals surface area contributed by atoms with Crippen molar-refractivity contribution >= 4 is 46.1 Å². The molecule has 2 N–H and O–H groups in total. The van der Waals surface area contributed by atoms with Gasteiger partial charge in [0.15, 0.2) is 0 Å². The van der Waals surface area contributed by atoms with Gasteiger partial charge in [-0.25, -0.2) is 0 Å². The van der Waals surface area contributed by atoms with Crippen LogP contribution < -0.4 is 10.6 Å². The molecular weight excluding hydrogens is 380 g/mol. The molecule has 3 aromatic rings. The first kappa shape index (κ1) is 17.8. The lowest BCUT2D eigenvalue weighted by Crippen LogP contribution is -2.14. The Morgan fingerprint density at radius 1 is 0.963 bits per heavy atom. The van der Waals surface area contributed by atoms with Crippen molar-refractivity contribution in [1.29, 1.82) is 0 Å². The molecule has 0 fully saturated rings. The Labute approximate surface area is 166 Å².